The molecule has 2 aromatic rings. The highest BCUT2D eigenvalue weighted by atomic mass is 19.1. The fraction of sp³-hybridized carbons (Fsp3) is 0.267. The molecule has 0 fully saturated rings. The predicted molar refractivity (Wildman–Crippen MR) is 73.2 cm³/mol. The minimum absolute atomic E-state index is 0.0308. The molecule has 0 unspecified atom stereocenters. The maximum absolute atomic E-state index is 13.3. The van der Waals surface area contributed by atoms with Crippen molar-refractivity contribution in [1.29, 1.82) is 0 Å². The molecule has 0 aliphatic carbocycles. The van der Waals surface area contributed by atoms with Crippen LogP contribution in [0, 0.1) is 5.82 Å². The van der Waals surface area contributed by atoms with Crippen molar-refractivity contribution in [2.45, 2.75) is 12.5 Å². The van der Waals surface area contributed by atoms with Crippen molar-refractivity contribution in [3.63, 3.8) is 0 Å². The van der Waals surface area contributed by atoms with Crippen LogP contribution in [0.3, 0.4) is 0 Å². The summed E-state index contributed by atoms with van der Waals surface area (Å²) in [5.74, 6) is -0.418. The largest absolute Gasteiger partial charge is 0.481 e. The zero-order chi connectivity index (χ0) is 15.1. The average Bonchev–Trinajstić information content (AvgIpc) is 3.00. The van der Waals surface area contributed by atoms with Gasteiger partial charge in [0.25, 0.3) is 5.91 Å². The SMILES string of the molecule is O=C(COc1ccccc1F)NCC[C@@H](O)c1ccco1. The molecule has 112 valence electrons. The number of hydrogen-bond acceptors (Lipinski definition) is 4. The van der Waals surface area contributed by atoms with Crippen LogP contribution in [-0.2, 0) is 4.79 Å². The molecular weight excluding hydrogens is 277 g/mol. The lowest BCUT2D eigenvalue weighted by molar-refractivity contribution is -0.123. The van der Waals surface area contributed by atoms with Gasteiger partial charge in [-0.05, 0) is 30.7 Å². The second kappa shape index (κ2) is 7.44. The number of furan rings is 1. The Hall–Kier alpha value is -2.34. The van der Waals surface area contributed by atoms with Crippen LogP contribution in [0.2, 0.25) is 0 Å². The summed E-state index contributed by atoms with van der Waals surface area (Å²) in [6, 6.07) is 9.21. The van der Waals surface area contributed by atoms with Gasteiger partial charge in [-0.25, -0.2) is 4.39 Å². The third kappa shape index (κ3) is 4.61. The molecule has 0 aliphatic rings. The number of ether oxygens (including phenoxy) is 1. The van der Waals surface area contributed by atoms with Crippen LogP contribution >= 0.6 is 0 Å². The Balaban J connectivity index is 1.67. The van der Waals surface area contributed by atoms with Gasteiger partial charge in [0.2, 0.25) is 0 Å². The van der Waals surface area contributed by atoms with E-state index in [0.29, 0.717) is 12.2 Å². The van der Waals surface area contributed by atoms with Crippen LogP contribution in [0.1, 0.15) is 18.3 Å². The van der Waals surface area contributed by atoms with E-state index in [2.05, 4.69) is 5.32 Å². The van der Waals surface area contributed by atoms with Gasteiger partial charge in [0.1, 0.15) is 11.9 Å². The van der Waals surface area contributed by atoms with E-state index < -0.39 is 11.9 Å². The average molecular weight is 293 g/mol. The topological polar surface area (TPSA) is 71.7 Å². The number of amides is 1. The molecule has 0 saturated carbocycles. The minimum atomic E-state index is -0.771. The third-order valence-corrected chi connectivity index (χ3v) is 2.81. The Morgan fingerprint density at radius 2 is 2.14 bits per heavy atom. The second-order valence-corrected chi connectivity index (χ2v) is 4.39. The number of aliphatic hydroxyl groups excluding tert-OH is 1. The number of benzene rings is 1. The Morgan fingerprint density at radius 1 is 1.33 bits per heavy atom. The zero-order valence-corrected chi connectivity index (χ0v) is 11.3. The van der Waals surface area contributed by atoms with E-state index in [4.69, 9.17) is 9.15 Å². The predicted octanol–water partition coefficient (Wildman–Crippen LogP) is 2.04. The molecule has 1 atom stereocenters. The van der Waals surface area contributed by atoms with Crippen LogP contribution in [0.4, 0.5) is 4.39 Å². The van der Waals surface area contributed by atoms with Crippen LogP contribution in [-0.4, -0.2) is 24.2 Å². The number of para-hydroxylation sites is 1. The van der Waals surface area contributed by atoms with E-state index in [9.17, 15) is 14.3 Å². The van der Waals surface area contributed by atoms with Gasteiger partial charge in [-0.2, -0.15) is 0 Å². The summed E-state index contributed by atoms with van der Waals surface area (Å²) in [6.45, 7) is -0.0148. The van der Waals surface area contributed by atoms with E-state index in [1.807, 2.05) is 0 Å². The van der Waals surface area contributed by atoms with Crippen molar-refractivity contribution < 1.29 is 23.4 Å². The first kappa shape index (κ1) is 15.1. The van der Waals surface area contributed by atoms with Gasteiger partial charge < -0.3 is 19.6 Å². The molecule has 0 bridgehead atoms. The van der Waals surface area contributed by atoms with Crippen molar-refractivity contribution in [3.05, 3.63) is 54.2 Å². The van der Waals surface area contributed by atoms with Crippen molar-refractivity contribution in [3.8, 4) is 5.75 Å². The van der Waals surface area contributed by atoms with Crippen molar-refractivity contribution in [2.24, 2.45) is 0 Å². The van der Waals surface area contributed by atoms with Gasteiger partial charge in [-0.3, -0.25) is 4.79 Å². The lowest BCUT2D eigenvalue weighted by Gasteiger charge is -2.10. The highest BCUT2D eigenvalue weighted by molar-refractivity contribution is 5.77. The van der Waals surface area contributed by atoms with E-state index in [1.54, 1.807) is 18.2 Å². The minimum Gasteiger partial charge on any atom is -0.481 e. The third-order valence-electron chi connectivity index (χ3n) is 2.81. The summed E-state index contributed by atoms with van der Waals surface area (Å²) in [5.41, 5.74) is 0. The van der Waals surface area contributed by atoms with Gasteiger partial charge in [-0.1, -0.05) is 12.1 Å². The fourth-order valence-corrected chi connectivity index (χ4v) is 1.73. The quantitative estimate of drug-likeness (QED) is 0.819. The Morgan fingerprint density at radius 3 is 2.86 bits per heavy atom. The van der Waals surface area contributed by atoms with Gasteiger partial charge in [-0.15, -0.1) is 0 Å². The molecule has 6 heteroatoms. The van der Waals surface area contributed by atoms with Gasteiger partial charge >= 0.3 is 0 Å². The number of nitrogens with one attached hydrogen (secondary N) is 1. The molecule has 0 aliphatic heterocycles. The molecule has 1 heterocycles. The van der Waals surface area contributed by atoms with Crippen LogP contribution in [0.15, 0.2) is 47.1 Å². The van der Waals surface area contributed by atoms with E-state index in [-0.39, 0.29) is 24.8 Å². The van der Waals surface area contributed by atoms with E-state index >= 15 is 0 Å². The highest BCUT2D eigenvalue weighted by Gasteiger charge is 2.11. The molecular formula is C15H16FNO4. The monoisotopic (exact) mass is 293 g/mol. The molecule has 21 heavy (non-hydrogen) atoms. The second-order valence-electron chi connectivity index (χ2n) is 4.39. The van der Waals surface area contributed by atoms with E-state index in [0.717, 1.165) is 0 Å². The Labute approximate surface area is 121 Å². The summed E-state index contributed by atoms with van der Waals surface area (Å²) in [6.07, 6.45) is 1.02. The molecule has 1 aromatic heterocycles. The summed E-state index contributed by atoms with van der Waals surface area (Å²) < 4.78 is 23.4. The molecule has 2 N–H and O–H groups in total. The van der Waals surface area contributed by atoms with Crippen molar-refractivity contribution in [2.75, 3.05) is 13.2 Å². The fourth-order valence-electron chi connectivity index (χ4n) is 1.73. The number of rotatable bonds is 7. The van der Waals surface area contributed by atoms with Gasteiger partial charge in [0, 0.05) is 6.54 Å². The summed E-state index contributed by atoms with van der Waals surface area (Å²) in [5, 5.41) is 12.3. The number of carbonyl (C=O) groups excluding carboxylic acids is 1. The molecule has 1 amide bonds. The number of aliphatic hydroxyl groups is 1. The molecule has 0 spiro atoms. The summed E-state index contributed by atoms with van der Waals surface area (Å²) in [7, 11) is 0. The van der Waals surface area contributed by atoms with Crippen molar-refractivity contribution in [1.82, 2.24) is 5.32 Å². The number of halogens is 1. The molecule has 1 aromatic carbocycles. The molecule has 0 radical (unpaired) electrons. The van der Waals surface area contributed by atoms with Crippen molar-refractivity contribution >= 4 is 5.91 Å². The van der Waals surface area contributed by atoms with Crippen LogP contribution in [0.25, 0.3) is 0 Å². The van der Waals surface area contributed by atoms with Crippen LogP contribution in [0.5, 0.6) is 5.75 Å². The zero-order valence-electron chi connectivity index (χ0n) is 11.3. The highest BCUT2D eigenvalue weighted by Crippen LogP contribution is 2.16. The smallest absolute Gasteiger partial charge is 0.257 e. The maximum atomic E-state index is 13.3. The first-order valence-corrected chi connectivity index (χ1v) is 6.52. The van der Waals surface area contributed by atoms with Gasteiger partial charge in [0.15, 0.2) is 18.2 Å². The summed E-state index contributed by atoms with van der Waals surface area (Å²) >= 11 is 0. The first-order chi connectivity index (χ1) is 10.2. The Kier molecular flexibility index (Phi) is 5.34. The standard InChI is InChI=1S/C15H16FNO4/c16-11-4-1-2-5-13(11)21-10-15(19)17-8-7-12(18)14-6-3-9-20-14/h1-6,9,12,18H,7-8,10H2,(H,17,19)/t12-/m1/s1. The molecule has 0 saturated heterocycles. The lowest BCUT2D eigenvalue weighted by atomic mass is 10.2. The number of carbonyl (C=O) groups is 1. The molecule has 5 nitrogen and oxygen atoms in total. The normalized spacial score (nSPS) is 11.9. The summed E-state index contributed by atoms with van der Waals surface area (Å²) in [4.78, 5) is 11.5. The Bertz CT molecular complexity index is 571. The molecule has 2 rings (SSSR count). The lowest BCUT2D eigenvalue weighted by Crippen LogP contribution is -2.30. The number of hydrogen-bond donors (Lipinski definition) is 2. The van der Waals surface area contributed by atoms with Gasteiger partial charge in [0.05, 0.1) is 6.26 Å². The first-order valence-electron chi connectivity index (χ1n) is 6.52. The maximum Gasteiger partial charge on any atom is 0.257 e. The van der Waals surface area contributed by atoms with Crippen LogP contribution < -0.4 is 10.1 Å². The van der Waals surface area contributed by atoms with E-state index in [1.165, 1.54) is 24.5 Å².